The third-order valence-electron chi connectivity index (χ3n) is 4.54. The molecule has 6 heteroatoms. The molecule has 2 aromatic rings. The molecule has 0 saturated carbocycles. The lowest BCUT2D eigenvalue weighted by Crippen LogP contribution is -2.52. The zero-order valence-electron chi connectivity index (χ0n) is 13.7. The van der Waals surface area contributed by atoms with Crippen LogP contribution >= 0.6 is 22.9 Å². The number of thiophene rings is 1. The van der Waals surface area contributed by atoms with Crippen molar-refractivity contribution in [2.75, 3.05) is 26.2 Å². The lowest BCUT2D eigenvalue weighted by atomic mass is 10.2. The van der Waals surface area contributed by atoms with Gasteiger partial charge in [0.15, 0.2) is 0 Å². The van der Waals surface area contributed by atoms with E-state index in [0.29, 0.717) is 0 Å². The van der Waals surface area contributed by atoms with E-state index in [1.807, 2.05) is 30.4 Å². The van der Waals surface area contributed by atoms with Crippen molar-refractivity contribution < 1.29 is 4.79 Å². The molecule has 1 aliphatic rings. The molecule has 1 amide bonds. The average Bonchev–Trinajstić information content (AvgIpc) is 3.04. The number of amides is 1. The van der Waals surface area contributed by atoms with E-state index in [1.165, 1.54) is 15.3 Å². The fourth-order valence-electron chi connectivity index (χ4n) is 2.94. The Hall–Kier alpha value is -1.40. The minimum absolute atomic E-state index is 0.176. The highest BCUT2D eigenvalue weighted by Crippen LogP contribution is 2.29. The molecule has 0 unspecified atom stereocenters. The van der Waals surface area contributed by atoms with Crippen LogP contribution in [0.5, 0.6) is 0 Å². The van der Waals surface area contributed by atoms with Gasteiger partial charge in [0.2, 0.25) is 5.91 Å². The molecular weight excluding hydrogens is 342 g/mol. The summed E-state index contributed by atoms with van der Waals surface area (Å²) in [5.41, 5.74) is 6.60. The van der Waals surface area contributed by atoms with E-state index in [1.54, 1.807) is 0 Å². The molecule has 1 aliphatic heterocycles. The van der Waals surface area contributed by atoms with Crippen molar-refractivity contribution in [1.82, 2.24) is 9.80 Å². The summed E-state index contributed by atoms with van der Waals surface area (Å²) in [4.78, 5) is 18.5. The molecule has 128 valence electrons. The van der Waals surface area contributed by atoms with Crippen molar-refractivity contribution in [2.45, 2.75) is 19.5 Å². The Labute approximate surface area is 151 Å². The maximum Gasteiger partial charge on any atom is 0.234 e. The Balaban J connectivity index is 1.56. The van der Waals surface area contributed by atoms with Gasteiger partial charge in [-0.1, -0.05) is 23.7 Å². The molecule has 1 aromatic carbocycles. The molecular formula is C18H22ClN3OS. The number of rotatable bonds is 5. The summed E-state index contributed by atoms with van der Waals surface area (Å²) in [6.07, 6.45) is 0. The predicted molar refractivity (Wildman–Crippen MR) is 100 cm³/mol. The van der Waals surface area contributed by atoms with Crippen LogP contribution in [0, 0.1) is 0 Å². The van der Waals surface area contributed by atoms with Gasteiger partial charge in [0.25, 0.3) is 0 Å². The Morgan fingerprint density at radius 1 is 1.17 bits per heavy atom. The van der Waals surface area contributed by atoms with Gasteiger partial charge < -0.3 is 5.73 Å². The first-order valence-corrected chi connectivity index (χ1v) is 9.33. The van der Waals surface area contributed by atoms with Crippen LogP contribution in [0.15, 0.2) is 36.4 Å². The third kappa shape index (κ3) is 4.16. The topological polar surface area (TPSA) is 49.6 Å². The number of carbonyl (C=O) groups is 1. The van der Waals surface area contributed by atoms with Crippen molar-refractivity contribution in [3.8, 4) is 10.4 Å². The monoisotopic (exact) mass is 363 g/mol. The molecule has 3 rings (SSSR count). The van der Waals surface area contributed by atoms with Crippen LogP contribution in [0.2, 0.25) is 5.02 Å². The lowest BCUT2D eigenvalue weighted by molar-refractivity contribution is -0.123. The first-order chi connectivity index (χ1) is 11.5. The number of primary amides is 1. The highest BCUT2D eigenvalue weighted by atomic mass is 35.5. The quantitative estimate of drug-likeness (QED) is 0.888. The van der Waals surface area contributed by atoms with Crippen LogP contribution in [0.3, 0.4) is 0 Å². The Kier molecular flexibility index (Phi) is 5.56. The predicted octanol–water partition coefficient (Wildman–Crippen LogP) is 3.06. The van der Waals surface area contributed by atoms with Gasteiger partial charge in [0.05, 0.1) is 6.04 Å². The second kappa shape index (κ2) is 7.66. The fraction of sp³-hybridized carbons (Fsp3) is 0.389. The van der Waals surface area contributed by atoms with Crippen molar-refractivity contribution >= 4 is 28.8 Å². The van der Waals surface area contributed by atoms with E-state index in [-0.39, 0.29) is 11.9 Å². The first kappa shape index (κ1) is 17.4. The number of benzene rings is 1. The maximum absolute atomic E-state index is 11.3. The van der Waals surface area contributed by atoms with E-state index in [9.17, 15) is 4.79 Å². The van der Waals surface area contributed by atoms with Crippen LogP contribution in [0.1, 0.15) is 11.8 Å². The van der Waals surface area contributed by atoms with Crippen molar-refractivity contribution in [1.29, 1.82) is 0 Å². The highest BCUT2D eigenvalue weighted by Gasteiger charge is 2.24. The number of hydrogen-bond acceptors (Lipinski definition) is 4. The molecule has 2 N–H and O–H groups in total. The normalized spacial score (nSPS) is 17.8. The average molecular weight is 364 g/mol. The Morgan fingerprint density at radius 3 is 2.46 bits per heavy atom. The zero-order valence-corrected chi connectivity index (χ0v) is 15.3. The van der Waals surface area contributed by atoms with E-state index < -0.39 is 0 Å². The summed E-state index contributed by atoms with van der Waals surface area (Å²) in [5, 5.41) is 0.763. The second-order valence-electron chi connectivity index (χ2n) is 6.16. The van der Waals surface area contributed by atoms with E-state index >= 15 is 0 Å². The third-order valence-corrected chi connectivity index (χ3v) is 5.91. The smallest absolute Gasteiger partial charge is 0.234 e. The first-order valence-electron chi connectivity index (χ1n) is 8.13. The largest absolute Gasteiger partial charge is 0.368 e. The number of nitrogens with zero attached hydrogens (tertiary/aromatic N) is 2. The number of piperazine rings is 1. The highest BCUT2D eigenvalue weighted by molar-refractivity contribution is 7.15. The van der Waals surface area contributed by atoms with Gasteiger partial charge in [-0.3, -0.25) is 14.6 Å². The second-order valence-corrected chi connectivity index (χ2v) is 7.77. The van der Waals surface area contributed by atoms with Crippen molar-refractivity contribution in [3.05, 3.63) is 46.3 Å². The van der Waals surface area contributed by atoms with Crippen molar-refractivity contribution in [3.63, 3.8) is 0 Å². The summed E-state index contributed by atoms with van der Waals surface area (Å²) in [6.45, 7) is 6.54. The summed E-state index contributed by atoms with van der Waals surface area (Å²) in [6, 6.07) is 12.2. The lowest BCUT2D eigenvalue weighted by Gasteiger charge is -2.36. The van der Waals surface area contributed by atoms with Gasteiger partial charge in [-0.25, -0.2) is 0 Å². The van der Waals surface area contributed by atoms with Gasteiger partial charge in [-0.05, 0) is 36.8 Å². The summed E-state index contributed by atoms with van der Waals surface area (Å²) in [7, 11) is 0. The molecule has 1 atom stereocenters. The zero-order chi connectivity index (χ0) is 17.1. The molecule has 24 heavy (non-hydrogen) atoms. The van der Waals surface area contributed by atoms with Crippen LogP contribution in [-0.4, -0.2) is 47.9 Å². The molecule has 0 radical (unpaired) electrons. The fourth-order valence-corrected chi connectivity index (χ4v) is 4.12. The SMILES string of the molecule is C[C@H](C(N)=O)N1CCN(Cc2ccc(-c3ccc(Cl)cc3)s2)CC1. The molecule has 0 bridgehead atoms. The van der Waals surface area contributed by atoms with Gasteiger partial charge in [0.1, 0.15) is 0 Å². The molecule has 0 spiro atoms. The van der Waals surface area contributed by atoms with Crippen LogP contribution in [-0.2, 0) is 11.3 Å². The van der Waals surface area contributed by atoms with Gasteiger partial charge >= 0.3 is 0 Å². The van der Waals surface area contributed by atoms with E-state index in [4.69, 9.17) is 17.3 Å². The summed E-state index contributed by atoms with van der Waals surface area (Å²) >= 11 is 7.78. The number of carbonyl (C=O) groups excluding carboxylic acids is 1. The van der Waals surface area contributed by atoms with Crippen LogP contribution in [0.4, 0.5) is 0 Å². The minimum atomic E-state index is -0.241. The van der Waals surface area contributed by atoms with E-state index in [2.05, 4.69) is 34.1 Å². The maximum atomic E-state index is 11.3. The molecule has 0 aliphatic carbocycles. The van der Waals surface area contributed by atoms with Crippen LogP contribution < -0.4 is 5.73 Å². The Morgan fingerprint density at radius 2 is 1.83 bits per heavy atom. The molecule has 1 aromatic heterocycles. The van der Waals surface area contributed by atoms with Crippen molar-refractivity contribution in [2.24, 2.45) is 5.73 Å². The molecule has 1 fully saturated rings. The van der Waals surface area contributed by atoms with Gasteiger partial charge in [-0.15, -0.1) is 11.3 Å². The van der Waals surface area contributed by atoms with Gasteiger partial charge in [-0.2, -0.15) is 0 Å². The molecule has 2 heterocycles. The minimum Gasteiger partial charge on any atom is -0.368 e. The molecule has 1 saturated heterocycles. The number of nitrogens with two attached hydrogens (primary N) is 1. The summed E-state index contributed by atoms with van der Waals surface area (Å²) in [5.74, 6) is -0.241. The number of hydrogen-bond donors (Lipinski definition) is 1. The van der Waals surface area contributed by atoms with E-state index in [0.717, 1.165) is 37.7 Å². The number of halogens is 1. The van der Waals surface area contributed by atoms with Crippen LogP contribution in [0.25, 0.3) is 10.4 Å². The Bertz CT molecular complexity index is 693. The molecule has 4 nitrogen and oxygen atoms in total. The standard InChI is InChI=1S/C18H22ClN3OS/c1-13(18(20)23)22-10-8-21(9-11-22)12-16-6-7-17(24-16)14-2-4-15(19)5-3-14/h2-7,13H,8-12H2,1H3,(H2,20,23)/t13-/m1/s1. The van der Waals surface area contributed by atoms with Gasteiger partial charge in [0, 0.05) is 47.5 Å². The summed E-state index contributed by atoms with van der Waals surface area (Å²) < 4.78 is 0.